The van der Waals surface area contributed by atoms with E-state index in [4.69, 9.17) is 4.42 Å². The lowest BCUT2D eigenvalue weighted by molar-refractivity contribution is 0.556. The van der Waals surface area contributed by atoms with Gasteiger partial charge in [-0.3, -0.25) is 4.98 Å². The van der Waals surface area contributed by atoms with Crippen LogP contribution in [0.5, 0.6) is 0 Å². The van der Waals surface area contributed by atoms with Crippen molar-refractivity contribution in [1.29, 1.82) is 5.26 Å². The SMILES string of the molecule is CCc1oc2ccccc2c1/C=C(\C#N)c1ccccn1. The van der Waals surface area contributed by atoms with E-state index in [2.05, 4.69) is 11.1 Å². The standard InChI is InChI=1S/C18H14N2O/c1-2-17-15(14-7-3-4-9-18(14)21-17)11-13(12-19)16-8-5-6-10-20-16/h3-11H,2H2,1H3/b13-11+. The molecule has 0 saturated carbocycles. The number of furan rings is 1. The Balaban J connectivity index is 2.20. The molecule has 0 aliphatic rings. The molecule has 3 aromatic rings. The van der Waals surface area contributed by atoms with Gasteiger partial charge in [0.2, 0.25) is 0 Å². The minimum absolute atomic E-state index is 0.539. The van der Waals surface area contributed by atoms with E-state index < -0.39 is 0 Å². The third kappa shape index (κ3) is 2.44. The minimum Gasteiger partial charge on any atom is -0.460 e. The number of rotatable bonds is 3. The molecule has 0 bridgehead atoms. The number of benzene rings is 1. The van der Waals surface area contributed by atoms with Crippen molar-refractivity contribution in [1.82, 2.24) is 4.98 Å². The van der Waals surface area contributed by atoms with Crippen molar-refractivity contribution < 1.29 is 4.42 Å². The first-order valence-corrected chi connectivity index (χ1v) is 6.87. The molecule has 3 rings (SSSR count). The molecular weight excluding hydrogens is 260 g/mol. The zero-order valence-corrected chi connectivity index (χ0v) is 11.7. The summed E-state index contributed by atoms with van der Waals surface area (Å²) in [4.78, 5) is 4.24. The van der Waals surface area contributed by atoms with Crippen LogP contribution in [-0.4, -0.2) is 4.98 Å². The van der Waals surface area contributed by atoms with Crippen molar-refractivity contribution in [3.05, 3.63) is 65.7 Å². The summed E-state index contributed by atoms with van der Waals surface area (Å²) in [5, 5.41) is 10.5. The largest absolute Gasteiger partial charge is 0.460 e. The maximum atomic E-state index is 9.43. The van der Waals surface area contributed by atoms with Crippen LogP contribution in [0.3, 0.4) is 0 Å². The van der Waals surface area contributed by atoms with E-state index in [0.29, 0.717) is 11.3 Å². The van der Waals surface area contributed by atoms with E-state index in [-0.39, 0.29) is 0 Å². The summed E-state index contributed by atoms with van der Waals surface area (Å²) in [6.45, 7) is 2.04. The van der Waals surface area contributed by atoms with Gasteiger partial charge in [-0.05, 0) is 24.3 Å². The summed E-state index contributed by atoms with van der Waals surface area (Å²) in [6.07, 6.45) is 4.34. The zero-order chi connectivity index (χ0) is 14.7. The molecule has 1 aromatic carbocycles. The van der Waals surface area contributed by atoms with Crippen LogP contribution in [0.1, 0.15) is 23.9 Å². The highest BCUT2D eigenvalue weighted by atomic mass is 16.3. The smallest absolute Gasteiger partial charge is 0.134 e. The van der Waals surface area contributed by atoms with Gasteiger partial charge >= 0.3 is 0 Å². The van der Waals surface area contributed by atoms with Crippen LogP contribution in [0.25, 0.3) is 22.6 Å². The fourth-order valence-corrected chi connectivity index (χ4v) is 2.37. The Bertz CT molecular complexity index is 839. The van der Waals surface area contributed by atoms with Gasteiger partial charge in [0.25, 0.3) is 0 Å². The van der Waals surface area contributed by atoms with Gasteiger partial charge in [-0.1, -0.05) is 31.2 Å². The molecular formula is C18H14N2O. The van der Waals surface area contributed by atoms with E-state index in [1.165, 1.54) is 0 Å². The van der Waals surface area contributed by atoms with Crippen LogP contribution >= 0.6 is 0 Å². The Hall–Kier alpha value is -2.86. The van der Waals surface area contributed by atoms with E-state index in [0.717, 1.165) is 28.7 Å². The monoisotopic (exact) mass is 274 g/mol. The molecule has 0 N–H and O–H groups in total. The zero-order valence-electron chi connectivity index (χ0n) is 11.7. The quantitative estimate of drug-likeness (QED) is 0.663. The fraction of sp³-hybridized carbons (Fsp3) is 0.111. The Morgan fingerprint density at radius 3 is 2.76 bits per heavy atom. The van der Waals surface area contributed by atoms with Crippen LogP contribution in [0.4, 0.5) is 0 Å². The van der Waals surface area contributed by atoms with Gasteiger partial charge in [0.1, 0.15) is 17.4 Å². The lowest BCUT2D eigenvalue weighted by Crippen LogP contribution is -1.87. The number of nitrogens with zero attached hydrogens (tertiary/aromatic N) is 2. The molecule has 2 aromatic heterocycles. The number of aromatic nitrogens is 1. The van der Waals surface area contributed by atoms with Crippen molar-refractivity contribution >= 4 is 22.6 Å². The van der Waals surface area contributed by atoms with Gasteiger partial charge < -0.3 is 4.42 Å². The van der Waals surface area contributed by atoms with Gasteiger partial charge in [0.05, 0.1) is 11.3 Å². The molecule has 3 nitrogen and oxygen atoms in total. The fourth-order valence-electron chi connectivity index (χ4n) is 2.37. The van der Waals surface area contributed by atoms with Gasteiger partial charge in [-0.2, -0.15) is 5.26 Å². The second-order valence-corrected chi connectivity index (χ2v) is 4.67. The molecule has 2 heterocycles. The highest BCUT2D eigenvalue weighted by Crippen LogP contribution is 2.29. The van der Waals surface area contributed by atoms with Crippen LogP contribution < -0.4 is 0 Å². The first-order chi connectivity index (χ1) is 10.3. The summed E-state index contributed by atoms with van der Waals surface area (Å²) in [7, 11) is 0. The Morgan fingerprint density at radius 1 is 1.24 bits per heavy atom. The van der Waals surface area contributed by atoms with E-state index >= 15 is 0 Å². The lowest BCUT2D eigenvalue weighted by Gasteiger charge is -1.99. The summed E-state index contributed by atoms with van der Waals surface area (Å²) in [5.41, 5.74) is 3.03. The highest BCUT2D eigenvalue weighted by Gasteiger charge is 2.12. The predicted molar refractivity (Wildman–Crippen MR) is 83.3 cm³/mol. The second kappa shape index (κ2) is 5.64. The molecule has 0 radical (unpaired) electrons. The topological polar surface area (TPSA) is 49.8 Å². The van der Waals surface area contributed by atoms with Crippen molar-refractivity contribution in [3.8, 4) is 6.07 Å². The molecule has 0 aliphatic heterocycles. The summed E-state index contributed by atoms with van der Waals surface area (Å²) in [6, 6.07) is 15.7. The van der Waals surface area contributed by atoms with E-state index in [9.17, 15) is 5.26 Å². The number of aryl methyl sites for hydroxylation is 1. The number of para-hydroxylation sites is 1. The summed E-state index contributed by atoms with van der Waals surface area (Å²) >= 11 is 0. The maximum absolute atomic E-state index is 9.43. The minimum atomic E-state index is 0.539. The van der Waals surface area contributed by atoms with Gasteiger partial charge in [-0.15, -0.1) is 0 Å². The Kier molecular flexibility index (Phi) is 3.53. The normalized spacial score (nSPS) is 11.5. The van der Waals surface area contributed by atoms with Gasteiger partial charge in [-0.25, -0.2) is 0 Å². The number of pyridine rings is 1. The Labute approximate surface area is 123 Å². The van der Waals surface area contributed by atoms with E-state index in [1.54, 1.807) is 6.20 Å². The average molecular weight is 274 g/mol. The van der Waals surface area contributed by atoms with E-state index in [1.807, 2.05) is 55.5 Å². The molecule has 21 heavy (non-hydrogen) atoms. The van der Waals surface area contributed by atoms with Crippen molar-refractivity contribution in [3.63, 3.8) is 0 Å². The molecule has 0 saturated heterocycles. The number of fused-ring (bicyclic) bond motifs is 1. The lowest BCUT2D eigenvalue weighted by atomic mass is 10.0. The second-order valence-electron chi connectivity index (χ2n) is 4.67. The molecule has 0 spiro atoms. The Morgan fingerprint density at radius 2 is 2.05 bits per heavy atom. The molecule has 102 valence electrons. The maximum Gasteiger partial charge on any atom is 0.134 e. The van der Waals surface area contributed by atoms with Crippen LogP contribution in [0, 0.1) is 11.3 Å². The first-order valence-electron chi connectivity index (χ1n) is 6.87. The molecule has 0 aliphatic carbocycles. The molecule has 0 unspecified atom stereocenters. The molecule has 0 amide bonds. The predicted octanol–water partition coefficient (Wildman–Crippen LogP) is 4.45. The third-order valence-electron chi connectivity index (χ3n) is 3.38. The third-order valence-corrected chi connectivity index (χ3v) is 3.38. The first kappa shape index (κ1) is 13.1. The summed E-state index contributed by atoms with van der Waals surface area (Å²) < 4.78 is 5.86. The number of allylic oxidation sites excluding steroid dienone is 1. The molecule has 0 atom stereocenters. The van der Waals surface area contributed by atoms with Crippen LogP contribution in [-0.2, 0) is 6.42 Å². The molecule has 3 heteroatoms. The van der Waals surface area contributed by atoms with Gasteiger partial charge in [0.15, 0.2) is 0 Å². The van der Waals surface area contributed by atoms with Crippen molar-refractivity contribution in [2.24, 2.45) is 0 Å². The van der Waals surface area contributed by atoms with Crippen molar-refractivity contribution in [2.75, 3.05) is 0 Å². The van der Waals surface area contributed by atoms with Crippen LogP contribution in [0.2, 0.25) is 0 Å². The van der Waals surface area contributed by atoms with Gasteiger partial charge in [0, 0.05) is 23.6 Å². The average Bonchev–Trinajstić information content (AvgIpc) is 2.91. The number of hydrogen-bond acceptors (Lipinski definition) is 3. The van der Waals surface area contributed by atoms with Crippen LogP contribution in [0.15, 0.2) is 53.1 Å². The van der Waals surface area contributed by atoms with Crippen molar-refractivity contribution in [2.45, 2.75) is 13.3 Å². The molecule has 0 fully saturated rings. The number of nitriles is 1. The highest BCUT2D eigenvalue weighted by molar-refractivity contribution is 5.97. The number of hydrogen-bond donors (Lipinski definition) is 0. The summed E-state index contributed by atoms with van der Waals surface area (Å²) in [5.74, 6) is 0.889.